The molecule has 1 N–H and O–H groups in total. The Morgan fingerprint density at radius 2 is 2.14 bits per heavy atom. The summed E-state index contributed by atoms with van der Waals surface area (Å²) in [5, 5.41) is 10.1. The minimum absolute atomic E-state index is 0.263. The number of phenols is 1. The zero-order valence-corrected chi connectivity index (χ0v) is 8.11. The molecule has 0 atom stereocenters. The lowest BCUT2D eigenvalue weighted by Gasteiger charge is -1.99. The van der Waals surface area contributed by atoms with Crippen molar-refractivity contribution in [1.29, 1.82) is 0 Å². The molecule has 3 nitrogen and oxygen atoms in total. The number of nitrogens with zero attached hydrogens (tertiary/aromatic N) is 2. The molecule has 4 heteroatoms. The highest BCUT2D eigenvalue weighted by molar-refractivity contribution is 7.99. The van der Waals surface area contributed by atoms with E-state index in [1.165, 1.54) is 11.8 Å². The number of hydrogen-bond donors (Lipinski definition) is 1. The molecular formula is C10H8N2OS. The van der Waals surface area contributed by atoms with Crippen molar-refractivity contribution in [2.24, 2.45) is 0 Å². The van der Waals surface area contributed by atoms with E-state index in [2.05, 4.69) is 9.97 Å². The Hall–Kier alpha value is -1.55. The van der Waals surface area contributed by atoms with Crippen molar-refractivity contribution in [1.82, 2.24) is 9.97 Å². The first-order valence-corrected chi connectivity index (χ1v) is 4.89. The van der Waals surface area contributed by atoms with E-state index >= 15 is 0 Å². The summed E-state index contributed by atoms with van der Waals surface area (Å²) in [7, 11) is 0. The fraction of sp³-hybridized carbons (Fsp3) is 0. The predicted molar refractivity (Wildman–Crippen MR) is 54.3 cm³/mol. The molecule has 0 aliphatic heterocycles. The van der Waals surface area contributed by atoms with Gasteiger partial charge in [-0.15, -0.1) is 0 Å². The van der Waals surface area contributed by atoms with Crippen LogP contribution in [0.2, 0.25) is 0 Å². The second kappa shape index (κ2) is 4.11. The van der Waals surface area contributed by atoms with Crippen molar-refractivity contribution in [2.75, 3.05) is 0 Å². The molecule has 2 rings (SSSR count). The molecule has 1 heterocycles. The fourth-order valence-corrected chi connectivity index (χ4v) is 1.80. The summed E-state index contributed by atoms with van der Waals surface area (Å²) in [5.74, 6) is 0.263. The maximum Gasteiger partial charge on any atom is 0.119 e. The number of aromatic nitrogens is 2. The van der Waals surface area contributed by atoms with E-state index in [9.17, 15) is 5.11 Å². The molecular weight excluding hydrogens is 196 g/mol. The molecule has 0 fully saturated rings. The normalized spacial score (nSPS) is 10.0. The van der Waals surface area contributed by atoms with Crippen LogP contribution in [0.5, 0.6) is 5.75 Å². The SMILES string of the molecule is Oc1cccc(Sc2cnccn2)c1. The van der Waals surface area contributed by atoms with E-state index in [1.54, 1.807) is 36.8 Å². The maximum atomic E-state index is 9.24. The predicted octanol–water partition coefficient (Wildman–Crippen LogP) is 2.33. The van der Waals surface area contributed by atoms with Crippen LogP contribution < -0.4 is 0 Å². The van der Waals surface area contributed by atoms with Crippen LogP contribution in [0, 0.1) is 0 Å². The smallest absolute Gasteiger partial charge is 0.119 e. The van der Waals surface area contributed by atoms with Crippen LogP contribution >= 0.6 is 11.8 Å². The molecule has 0 amide bonds. The molecule has 0 spiro atoms. The van der Waals surface area contributed by atoms with Crippen molar-refractivity contribution in [3.8, 4) is 5.75 Å². The van der Waals surface area contributed by atoms with E-state index in [4.69, 9.17) is 0 Å². The van der Waals surface area contributed by atoms with Gasteiger partial charge in [0.05, 0.1) is 6.20 Å². The average Bonchev–Trinajstić information content (AvgIpc) is 2.19. The van der Waals surface area contributed by atoms with E-state index in [-0.39, 0.29) is 5.75 Å². The first-order chi connectivity index (χ1) is 6.84. The summed E-state index contributed by atoms with van der Waals surface area (Å²) in [6.07, 6.45) is 4.96. The molecule has 1 aromatic carbocycles. The Balaban J connectivity index is 2.19. The lowest BCUT2D eigenvalue weighted by atomic mass is 10.3. The lowest BCUT2D eigenvalue weighted by molar-refractivity contribution is 0.474. The maximum absolute atomic E-state index is 9.24. The summed E-state index contributed by atoms with van der Waals surface area (Å²) in [4.78, 5) is 9.03. The molecule has 14 heavy (non-hydrogen) atoms. The highest BCUT2D eigenvalue weighted by atomic mass is 32.2. The van der Waals surface area contributed by atoms with E-state index < -0.39 is 0 Å². The molecule has 0 aliphatic rings. The number of benzene rings is 1. The average molecular weight is 204 g/mol. The van der Waals surface area contributed by atoms with Crippen LogP contribution in [0.15, 0.2) is 52.8 Å². The van der Waals surface area contributed by atoms with E-state index in [1.807, 2.05) is 6.07 Å². The monoisotopic (exact) mass is 204 g/mol. The third-order valence-corrected chi connectivity index (χ3v) is 2.49. The van der Waals surface area contributed by atoms with Gasteiger partial charge in [-0.2, -0.15) is 0 Å². The van der Waals surface area contributed by atoms with Gasteiger partial charge in [-0.25, -0.2) is 4.98 Å². The topological polar surface area (TPSA) is 46.0 Å². The van der Waals surface area contributed by atoms with Crippen LogP contribution in [0.4, 0.5) is 0 Å². The Bertz CT molecular complexity index is 419. The molecule has 1 aromatic heterocycles. The van der Waals surface area contributed by atoms with Crippen molar-refractivity contribution in [3.63, 3.8) is 0 Å². The van der Waals surface area contributed by atoms with Gasteiger partial charge in [0.25, 0.3) is 0 Å². The highest BCUT2D eigenvalue weighted by Gasteiger charge is 1.98. The number of hydrogen-bond acceptors (Lipinski definition) is 4. The van der Waals surface area contributed by atoms with Gasteiger partial charge in [-0.3, -0.25) is 4.98 Å². The summed E-state index contributed by atoms with van der Waals surface area (Å²) >= 11 is 1.47. The molecule has 2 aromatic rings. The van der Waals surface area contributed by atoms with Crippen molar-refractivity contribution < 1.29 is 5.11 Å². The largest absolute Gasteiger partial charge is 0.508 e. The second-order valence-corrected chi connectivity index (χ2v) is 3.74. The Morgan fingerprint density at radius 3 is 2.86 bits per heavy atom. The van der Waals surface area contributed by atoms with Gasteiger partial charge in [0.2, 0.25) is 0 Å². The van der Waals surface area contributed by atoms with Gasteiger partial charge in [0.1, 0.15) is 10.8 Å². The molecule has 0 saturated heterocycles. The van der Waals surface area contributed by atoms with Crippen molar-refractivity contribution >= 4 is 11.8 Å². The van der Waals surface area contributed by atoms with Crippen LogP contribution in [-0.4, -0.2) is 15.1 Å². The summed E-state index contributed by atoms with van der Waals surface area (Å²) < 4.78 is 0. The highest BCUT2D eigenvalue weighted by Crippen LogP contribution is 2.27. The molecule has 0 bridgehead atoms. The van der Waals surface area contributed by atoms with Crippen molar-refractivity contribution in [3.05, 3.63) is 42.9 Å². The van der Waals surface area contributed by atoms with Crippen LogP contribution in [0.1, 0.15) is 0 Å². The van der Waals surface area contributed by atoms with Crippen LogP contribution in [0.3, 0.4) is 0 Å². The number of rotatable bonds is 2. The van der Waals surface area contributed by atoms with Gasteiger partial charge in [-0.05, 0) is 18.2 Å². The first-order valence-electron chi connectivity index (χ1n) is 4.07. The zero-order valence-electron chi connectivity index (χ0n) is 7.29. The summed E-state index contributed by atoms with van der Waals surface area (Å²) in [6, 6.07) is 7.05. The van der Waals surface area contributed by atoms with E-state index in [0.29, 0.717) is 0 Å². The van der Waals surface area contributed by atoms with Crippen molar-refractivity contribution in [2.45, 2.75) is 9.92 Å². The third-order valence-electron chi connectivity index (χ3n) is 1.58. The summed E-state index contributed by atoms with van der Waals surface area (Å²) in [5.41, 5.74) is 0. The van der Waals surface area contributed by atoms with Crippen LogP contribution in [-0.2, 0) is 0 Å². The first kappa shape index (κ1) is 9.02. The zero-order chi connectivity index (χ0) is 9.80. The summed E-state index contributed by atoms with van der Waals surface area (Å²) in [6.45, 7) is 0. The van der Waals surface area contributed by atoms with Gasteiger partial charge >= 0.3 is 0 Å². The molecule has 0 aliphatic carbocycles. The standard InChI is InChI=1S/C10H8N2OS/c13-8-2-1-3-9(6-8)14-10-7-11-4-5-12-10/h1-7,13H. The third kappa shape index (κ3) is 2.23. The minimum atomic E-state index is 0.263. The number of aromatic hydroxyl groups is 1. The molecule has 0 saturated carbocycles. The van der Waals surface area contributed by atoms with Gasteiger partial charge < -0.3 is 5.11 Å². The van der Waals surface area contributed by atoms with Crippen LogP contribution in [0.25, 0.3) is 0 Å². The second-order valence-electron chi connectivity index (χ2n) is 2.64. The van der Waals surface area contributed by atoms with Gasteiger partial charge in [-0.1, -0.05) is 17.8 Å². The number of phenolic OH excluding ortho intramolecular Hbond substituents is 1. The van der Waals surface area contributed by atoms with Gasteiger partial charge in [0, 0.05) is 17.3 Å². The quantitative estimate of drug-likeness (QED) is 0.815. The Kier molecular flexibility index (Phi) is 2.65. The Morgan fingerprint density at radius 1 is 1.21 bits per heavy atom. The Labute approximate surface area is 85.8 Å². The molecule has 70 valence electrons. The minimum Gasteiger partial charge on any atom is -0.508 e. The molecule has 0 radical (unpaired) electrons. The molecule has 0 unspecified atom stereocenters. The lowest BCUT2D eigenvalue weighted by Crippen LogP contribution is -1.80. The van der Waals surface area contributed by atoms with Gasteiger partial charge in [0.15, 0.2) is 0 Å². The fourth-order valence-electron chi connectivity index (χ4n) is 1.01. The van der Waals surface area contributed by atoms with E-state index in [0.717, 1.165) is 9.92 Å².